The van der Waals surface area contributed by atoms with Crippen molar-refractivity contribution in [2.75, 3.05) is 6.61 Å². The Labute approximate surface area is 197 Å². The number of benzene rings is 2. The molecule has 1 aliphatic rings. The highest BCUT2D eigenvalue weighted by atomic mass is 16.5. The Kier molecular flexibility index (Phi) is 11.1. The van der Waals surface area contributed by atoms with Gasteiger partial charge in [0.15, 0.2) is 0 Å². The van der Waals surface area contributed by atoms with Gasteiger partial charge in [-0.3, -0.25) is 0 Å². The number of unbranched alkanes of at least 4 members (excludes halogenated alkanes) is 3. The lowest BCUT2D eigenvalue weighted by Gasteiger charge is -2.26. The van der Waals surface area contributed by atoms with E-state index >= 15 is 0 Å². The van der Waals surface area contributed by atoms with E-state index in [0.717, 1.165) is 25.0 Å². The molecule has 0 heterocycles. The van der Waals surface area contributed by atoms with Crippen molar-refractivity contribution < 1.29 is 4.74 Å². The Hall–Kier alpha value is -1.86. The van der Waals surface area contributed by atoms with Gasteiger partial charge in [0.05, 0.1) is 6.61 Å². The van der Waals surface area contributed by atoms with Crippen molar-refractivity contribution in [3.05, 3.63) is 71.8 Å². The van der Waals surface area contributed by atoms with Crippen molar-refractivity contribution in [1.82, 2.24) is 0 Å². The van der Waals surface area contributed by atoms with E-state index in [4.69, 9.17) is 4.74 Å². The van der Waals surface area contributed by atoms with Crippen LogP contribution < -0.4 is 0 Å². The fraction of sp³-hybridized carbons (Fsp3) is 0.548. The molecule has 174 valence electrons. The first kappa shape index (κ1) is 24.8. The Morgan fingerprint density at radius 3 is 2.06 bits per heavy atom. The molecular formula is C31H44O. The molecule has 0 bridgehead atoms. The molecule has 0 spiro atoms. The van der Waals surface area contributed by atoms with E-state index in [0.29, 0.717) is 0 Å². The summed E-state index contributed by atoms with van der Waals surface area (Å²) in [5.74, 6) is 1.83. The second-order valence-corrected chi connectivity index (χ2v) is 9.71. The van der Waals surface area contributed by atoms with Gasteiger partial charge in [-0.25, -0.2) is 0 Å². The predicted molar refractivity (Wildman–Crippen MR) is 139 cm³/mol. The summed E-state index contributed by atoms with van der Waals surface area (Å²) in [6.07, 6.45) is 19.3. The molecule has 0 aliphatic heterocycles. The lowest BCUT2D eigenvalue weighted by molar-refractivity contribution is 0.117. The minimum Gasteiger partial charge on any atom is -0.377 e. The molecule has 3 rings (SSSR count). The Balaban J connectivity index is 1.35. The van der Waals surface area contributed by atoms with Crippen LogP contribution in [0.15, 0.2) is 60.7 Å². The zero-order chi connectivity index (χ0) is 22.4. The molecule has 1 aliphatic carbocycles. The van der Waals surface area contributed by atoms with Crippen LogP contribution in [0.2, 0.25) is 0 Å². The molecule has 0 amide bonds. The zero-order valence-electron chi connectivity index (χ0n) is 20.5. The molecule has 0 radical (unpaired) electrons. The van der Waals surface area contributed by atoms with Gasteiger partial charge >= 0.3 is 0 Å². The lowest BCUT2D eigenvalue weighted by Crippen LogP contribution is -2.13. The van der Waals surface area contributed by atoms with Crippen LogP contribution >= 0.6 is 0 Å². The Morgan fingerprint density at radius 1 is 0.781 bits per heavy atom. The van der Waals surface area contributed by atoms with E-state index < -0.39 is 0 Å². The standard InChI is InChI=1S/C31H44O/c1-3-5-8-24-32-25-29-18-22-31(23-19-29)30-20-16-28(17-21-30)11-7-6-10-27-14-12-26(9-4-2)13-15-27/h4,9,16-23,26-27H,3,5-8,10-15,24-25H2,1-2H3. The summed E-state index contributed by atoms with van der Waals surface area (Å²) >= 11 is 0. The number of hydrogen-bond acceptors (Lipinski definition) is 1. The van der Waals surface area contributed by atoms with E-state index in [9.17, 15) is 0 Å². The Bertz CT molecular complexity index is 763. The number of hydrogen-bond donors (Lipinski definition) is 0. The van der Waals surface area contributed by atoms with Crippen molar-refractivity contribution in [1.29, 1.82) is 0 Å². The van der Waals surface area contributed by atoms with E-state index in [2.05, 4.69) is 74.5 Å². The van der Waals surface area contributed by atoms with Gasteiger partial charge in [-0.15, -0.1) is 0 Å². The first-order chi connectivity index (χ1) is 15.8. The van der Waals surface area contributed by atoms with Crippen LogP contribution in [-0.4, -0.2) is 6.61 Å². The zero-order valence-corrected chi connectivity index (χ0v) is 20.5. The summed E-state index contributed by atoms with van der Waals surface area (Å²) in [6, 6.07) is 18.1. The number of ether oxygens (including phenoxy) is 1. The summed E-state index contributed by atoms with van der Waals surface area (Å²) in [7, 11) is 0. The normalized spacial score (nSPS) is 18.9. The first-order valence-corrected chi connectivity index (χ1v) is 13.2. The van der Waals surface area contributed by atoms with Crippen molar-refractivity contribution in [2.24, 2.45) is 11.8 Å². The number of allylic oxidation sites excluding steroid dienone is 2. The second kappa shape index (κ2) is 14.3. The molecule has 32 heavy (non-hydrogen) atoms. The molecule has 1 saturated carbocycles. The van der Waals surface area contributed by atoms with Crippen LogP contribution in [-0.2, 0) is 17.8 Å². The molecule has 2 aromatic rings. The highest BCUT2D eigenvalue weighted by Crippen LogP contribution is 2.32. The molecule has 0 unspecified atom stereocenters. The van der Waals surface area contributed by atoms with Crippen LogP contribution in [0.5, 0.6) is 0 Å². The number of rotatable bonds is 13. The van der Waals surface area contributed by atoms with Gasteiger partial charge in [0.2, 0.25) is 0 Å². The molecule has 0 saturated heterocycles. The maximum atomic E-state index is 5.78. The Morgan fingerprint density at radius 2 is 1.44 bits per heavy atom. The average Bonchev–Trinajstić information content (AvgIpc) is 2.84. The molecule has 1 nitrogen and oxygen atoms in total. The quantitative estimate of drug-likeness (QED) is 0.226. The third kappa shape index (κ3) is 8.58. The molecular weight excluding hydrogens is 388 g/mol. The molecule has 0 N–H and O–H groups in total. The van der Waals surface area contributed by atoms with E-state index in [1.54, 1.807) is 0 Å². The van der Waals surface area contributed by atoms with Gasteiger partial charge in [-0.05, 0) is 86.0 Å². The summed E-state index contributed by atoms with van der Waals surface area (Å²) in [4.78, 5) is 0. The van der Waals surface area contributed by atoms with E-state index in [-0.39, 0.29) is 0 Å². The highest BCUT2D eigenvalue weighted by molar-refractivity contribution is 5.63. The van der Waals surface area contributed by atoms with Gasteiger partial charge in [-0.2, -0.15) is 0 Å². The molecule has 1 heteroatoms. The molecule has 2 aromatic carbocycles. The molecule has 0 atom stereocenters. The van der Waals surface area contributed by atoms with Crippen molar-refractivity contribution in [2.45, 2.75) is 91.1 Å². The third-order valence-corrected chi connectivity index (χ3v) is 7.09. The largest absolute Gasteiger partial charge is 0.377 e. The minimum absolute atomic E-state index is 0.722. The van der Waals surface area contributed by atoms with E-state index in [1.807, 2.05) is 0 Å². The average molecular weight is 433 g/mol. The van der Waals surface area contributed by atoms with Crippen LogP contribution in [0.25, 0.3) is 11.1 Å². The molecule has 0 aromatic heterocycles. The van der Waals surface area contributed by atoms with Gasteiger partial charge < -0.3 is 4.74 Å². The van der Waals surface area contributed by atoms with Gasteiger partial charge in [-0.1, -0.05) is 93.3 Å². The fourth-order valence-corrected chi connectivity index (χ4v) is 5.01. The van der Waals surface area contributed by atoms with Crippen LogP contribution in [0.3, 0.4) is 0 Å². The van der Waals surface area contributed by atoms with Gasteiger partial charge in [0, 0.05) is 6.61 Å². The smallest absolute Gasteiger partial charge is 0.0716 e. The van der Waals surface area contributed by atoms with Crippen molar-refractivity contribution in [3.63, 3.8) is 0 Å². The summed E-state index contributed by atoms with van der Waals surface area (Å²) < 4.78 is 5.78. The monoisotopic (exact) mass is 432 g/mol. The van der Waals surface area contributed by atoms with Gasteiger partial charge in [0.1, 0.15) is 0 Å². The van der Waals surface area contributed by atoms with Crippen molar-refractivity contribution >= 4 is 0 Å². The summed E-state index contributed by atoms with van der Waals surface area (Å²) in [6.45, 7) is 5.97. The summed E-state index contributed by atoms with van der Waals surface area (Å²) in [5, 5.41) is 0. The fourth-order valence-electron chi connectivity index (χ4n) is 5.01. The van der Waals surface area contributed by atoms with E-state index in [1.165, 1.54) is 92.9 Å². The first-order valence-electron chi connectivity index (χ1n) is 13.2. The third-order valence-electron chi connectivity index (χ3n) is 7.09. The number of aryl methyl sites for hydroxylation is 1. The highest BCUT2D eigenvalue weighted by Gasteiger charge is 2.18. The van der Waals surface area contributed by atoms with Crippen LogP contribution in [0.4, 0.5) is 0 Å². The maximum absolute atomic E-state index is 5.78. The minimum atomic E-state index is 0.722. The SMILES string of the molecule is CC=CC1CCC(CCCCc2ccc(-c3ccc(COCCCCC)cc3)cc2)CC1. The molecule has 1 fully saturated rings. The van der Waals surface area contributed by atoms with Crippen LogP contribution in [0.1, 0.15) is 89.2 Å². The lowest BCUT2D eigenvalue weighted by atomic mass is 9.79. The maximum Gasteiger partial charge on any atom is 0.0716 e. The predicted octanol–water partition coefficient (Wildman–Crippen LogP) is 9.16. The van der Waals surface area contributed by atoms with Crippen molar-refractivity contribution in [3.8, 4) is 11.1 Å². The second-order valence-electron chi connectivity index (χ2n) is 9.71. The van der Waals surface area contributed by atoms with Crippen LogP contribution in [0, 0.1) is 11.8 Å². The topological polar surface area (TPSA) is 9.23 Å². The summed E-state index contributed by atoms with van der Waals surface area (Å²) in [5.41, 5.74) is 5.33. The van der Waals surface area contributed by atoms with Gasteiger partial charge in [0.25, 0.3) is 0 Å².